The highest BCUT2D eigenvalue weighted by molar-refractivity contribution is 7.99. The smallest absolute Gasteiger partial charge is 0.387 e. The topological polar surface area (TPSA) is 79.2 Å². The first-order valence-electron chi connectivity index (χ1n) is 6.08. The molecule has 0 atom stereocenters. The third kappa shape index (κ3) is 5.29. The number of nitrogens with one attached hydrogen (secondary N) is 1. The summed E-state index contributed by atoms with van der Waals surface area (Å²) in [5.41, 5.74) is -0.450. The number of nitrogens with zero attached hydrogens (tertiary/aromatic N) is 1. The van der Waals surface area contributed by atoms with Gasteiger partial charge in [0.2, 0.25) is 10.0 Å². The molecule has 0 saturated heterocycles. The molecule has 0 bridgehead atoms. The van der Waals surface area contributed by atoms with Crippen LogP contribution in [0.4, 0.5) is 8.78 Å². The van der Waals surface area contributed by atoms with Gasteiger partial charge in [-0.3, -0.25) is 0 Å². The zero-order valence-corrected chi connectivity index (χ0v) is 13.1. The molecule has 0 spiro atoms. The van der Waals surface area contributed by atoms with Crippen molar-refractivity contribution in [2.75, 3.05) is 18.1 Å². The van der Waals surface area contributed by atoms with E-state index in [-0.39, 0.29) is 11.4 Å². The molecule has 1 N–H and O–H groups in total. The summed E-state index contributed by atoms with van der Waals surface area (Å²) in [5.74, 6) is 0.727. The number of sulfonamides is 1. The maximum absolute atomic E-state index is 12.3. The van der Waals surface area contributed by atoms with Gasteiger partial charge in [-0.2, -0.15) is 25.8 Å². The number of halogens is 2. The summed E-state index contributed by atoms with van der Waals surface area (Å²) in [5, 5.41) is 9.03. The van der Waals surface area contributed by atoms with E-state index in [2.05, 4.69) is 16.0 Å². The van der Waals surface area contributed by atoms with Gasteiger partial charge >= 0.3 is 6.61 Å². The van der Waals surface area contributed by atoms with Gasteiger partial charge in [-0.05, 0) is 12.1 Å². The number of hydrogen-bond donors (Lipinski definition) is 1. The highest BCUT2D eigenvalue weighted by Gasteiger charge is 2.22. The van der Waals surface area contributed by atoms with Crippen molar-refractivity contribution in [2.45, 2.75) is 11.5 Å². The van der Waals surface area contributed by atoms with Gasteiger partial charge < -0.3 is 4.74 Å². The number of alkyl halides is 2. The maximum atomic E-state index is 12.3. The first-order chi connectivity index (χ1) is 10.4. The summed E-state index contributed by atoms with van der Waals surface area (Å²) in [6, 6.07) is 5.10. The predicted molar refractivity (Wildman–Crippen MR) is 80.5 cm³/mol. The fourth-order valence-corrected chi connectivity index (χ4v) is 3.44. The number of nitriles is 1. The molecule has 0 amide bonds. The molecule has 0 aliphatic rings. The molecule has 5 nitrogen and oxygen atoms in total. The average molecular weight is 348 g/mol. The van der Waals surface area contributed by atoms with Gasteiger partial charge in [0.05, 0.1) is 0 Å². The molecule has 0 heterocycles. The lowest BCUT2D eigenvalue weighted by Gasteiger charge is -2.11. The molecule has 0 aliphatic heterocycles. The van der Waals surface area contributed by atoms with Gasteiger partial charge in [0.1, 0.15) is 22.3 Å². The van der Waals surface area contributed by atoms with Crippen LogP contribution in [0, 0.1) is 11.3 Å². The van der Waals surface area contributed by atoms with E-state index < -0.39 is 27.9 Å². The largest absolute Gasteiger partial charge is 0.433 e. The zero-order valence-electron chi connectivity index (χ0n) is 11.5. The SMILES string of the molecule is C=CCSCCNS(=O)(=O)c1cccc(OC(F)F)c1C#N. The third-order valence-corrected chi connectivity index (χ3v) is 4.85. The number of benzene rings is 1. The summed E-state index contributed by atoms with van der Waals surface area (Å²) in [6.45, 7) is 0.539. The first kappa shape index (κ1) is 18.4. The molecule has 0 saturated carbocycles. The molecule has 1 aromatic rings. The van der Waals surface area contributed by atoms with Crippen molar-refractivity contribution in [2.24, 2.45) is 0 Å². The average Bonchev–Trinajstić information content (AvgIpc) is 2.46. The fraction of sp³-hybridized carbons (Fsp3) is 0.308. The van der Waals surface area contributed by atoms with Gasteiger partial charge in [0, 0.05) is 18.1 Å². The Balaban J connectivity index is 2.94. The van der Waals surface area contributed by atoms with Crippen molar-refractivity contribution in [3.63, 3.8) is 0 Å². The summed E-state index contributed by atoms with van der Waals surface area (Å²) >= 11 is 1.48. The molecule has 1 aromatic carbocycles. The second kappa shape index (κ2) is 8.73. The van der Waals surface area contributed by atoms with Crippen molar-refractivity contribution in [3.8, 4) is 11.8 Å². The highest BCUT2D eigenvalue weighted by atomic mass is 32.2. The summed E-state index contributed by atoms with van der Waals surface area (Å²) in [4.78, 5) is -0.387. The van der Waals surface area contributed by atoms with Gasteiger partial charge in [-0.1, -0.05) is 12.1 Å². The molecular weight excluding hydrogens is 334 g/mol. The van der Waals surface area contributed by atoms with Crippen LogP contribution < -0.4 is 9.46 Å². The quantitative estimate of drug-likeness (QED) is 0.547. The second-order valence-electron chi connectivity index (χ2n) is 3.88. The Labute approximate surface area is 132 Å². The van der Waals surface area contributed by atoms with Gasteiger partial charge in [-0.15, -0.1) is 6.58 Å². The lowest BCUT2D eigenvalue weighted by atomic mass is 10.2. The Hall–Kier alpha value is -1.63. The number of ether oxygens (including phenoxy) is 1. The normalized spacial score (nSPS) is 11.2. The van der Waals surface area contributed by atoms with Crippen LogP contribution in [0.15, 0.2) is 35.7 Å². The third-order valence-electron chi connectivity index (χ3n) is 2.38. The Bertz CT molecular complexity index is 658. The van der Waals surface area contributed by atoms with Crippen LogP contribution in [-0.2, 0) is 10.0 Å². The number of hydrogen-bond acceptors (Lipinski definition) is 5. The van der Waals surface area contributed by atoms with Crippen molar-refractivity contribution in [1.29, 1.82) is 5.26 Å². The van der Waals surface area contributed by atoms with Crippen LogP contribution in [-0.4, -0.2) is 33.1 Å². The molecule has 0 fully saturated rings. The van der Waals surface area contributed by atoms with E-state index in [1.54, 1.807) is 12.1 Å². The molecule has 0 aliphatic carbocycles. The van der Waals surface area contributed by atoms with Gasteiger partial charge in [0.25, 0.3) is 0 Å². The van der Waals surface area contributed by atoms with E-state index in [9.17, 15) is 17.2 Å². The summed E-state index contributed by atoms with van der Waals surface area (Å²) in [7, 11) is -3.99. The Kier molecular flexibility index (Phi) is 7.31. The molecule has 0 unspecified atom stereocenters. The van der Waals surface area contributed by atoms with Crippen LogP contribution >= 0.6 is 11.8 Å². The monoisotopic (exact) mass is 348 g/mol. The van der Waals surface area contributed by atoms with Crippen LogP contribution in [0.3, 0.4) is 0 Å². The van der Waals surface area contributed by atoms with Gasteiger partial charge in [-0.25, -0.2) is 13.1 Å². The lowest BCUT2D eigenvalue weighted by Crippen LogP contribution is -2.27. The van der Waals surface area contributed by atoms with Crippen LogP contribution in [0.25, 0.3) is 0 Å². The van der Waals surface area contributed by atoms with Crippen molar-refractivity contribution in [1.82, 2.24) is 4.72 Å². The van der Waals surface area contributed by atoms with E-state index in [1.807, 2.05) is 0 Å². The van der Waals surface area contributed by atoms with Crippen LogP contribution in [0.1, 0.15) is 5.56 Å². The van der Waals surface area contributed by atoms with Crippen molar-refractivity contribution in [3.05, 3.63) is 36.4 Å². The maximum Gasteiger partial charge on any atom is 0.387 e. The molecule has 0 aromatic heterocycles. The standard InChI is InChI=1S/C13H14F2N2O3S2/c1-2-7-21-8-6-17-22(18,19)12-5-3-4-11(10(12)9-16)20-13(14)15/h2-5,13,17H,1,6-8H2. The molecular formula is C13H14F2N2O3S2. The number of thioether (sulfide) groups is 1. The summed E-state index contributed by atoms with van der Waals surface area (Å²) < 4.78 is 55.3. The molecule has 120 valence electrons. The molecule has 1 rings (SSSR count). The summed E-state index contributed by atoms with van der Waals surface area (Å²) in [6.07, 6.45) is 1.69. The van der Waals surface area contributed by atoms with Crippen molar-refractivity contribution < 1.29 is 21.9 Å². The second-order valence-corrected chi connectivity index (χ2v) is 6.77. The lowest BCUT2D eigenvalue weighted by molar-refractivity contribution is -0.0502. The predicted octanol–water partition coefficient (Wildman–Crippen LogP) is 2.36. The van der Waals surface area contributed by atoms with E-state index >= 15 is 0 Å². The highest BCUT2D eigenvalue weighted by Crippen LogP contribution is 2.26. The Morgan fingerprint density at radius 3 is 2.82 bits per heavy atom. The van der Waals surface area contributed by atoms with Crippen LogP contribution in [0.5, 0.6) is 5.75 Å². The van der Waals surface area contributed by atoms with Gasteiger partial charge in [0.15, 0.2) is 0 Å². The zero-order chi connectivity index (χ0) is 16.6. The fourth-order valence-electron chi connectivity index (χ4n) is 1.53. The Morgan fingerprint density at radius 2 is 2.23 bits per heavy atom. The molecule has 9 heteroatoms. The van der Waals surface area contributed by atoms with E-state index in [0.29, 0.717) is 11.5 Å². The first-order valence-corrected chi connectivity index (χ1v) is 8.72. The van der Waals surface area contributed by atoms with Crippen molar-refractivity contribution >= 4 is 21.8 Å². The molecule has 22 heavy (non-hydrogen) atoms. The van der Waals surface area contributed by atoms with E-state index in [4.69, 9.17) is 5.26 Å². The minimum Gasteiger partial charge on any atom is -0.433 e. The van der Waals surface area contributed by atoms with E-state index in [0.717, 1.165) is 12.1 Å². The van der Waals surface area contributed by atoms with Crippen LogP contribution in [0.2, 0.25) is 0 Å². The van der Waals surface area contributed by atoms with E-state index in [1.165, 1.54) is 17.8 Å². The Morgan fingerprint density at radius 1 is 1.50 bits per heavy atom. The minimum absolute atomic E-state index is 0.144. The number of rotatable bonds is 9. The minimum atomic E-state index is -3.99. The molecule has 0 radical (unpaired) electrons.